The molecule has 2 N–H and O–H groups in total. The number of hydrogen-bond donors (Lipinski definition) is 2. The molecule has 0 bridgehead atoms. The molecule has 0 amide bonds. The molecule has 1 aromatic rings. The SMILES string of the molecule is CSc1ccc(NC2CCNC2)cc1. The lowest BCUT2D eigenvalue weighted by molar-refractivity contribution is 0.793. The van der Waals surface area contributed by atoms with Crippen LogP contribution in [0, 0.1) is 0 Å². The second kappa shape index (κ2) is 4.71. The van der Waals surface area contributed by atoms with Crippen LogP contribution in [0.5, 0.6) is 0 Å². The first-order chi connectivity index (χ1) is 6.88. The van der Waals surface area contributed by atoms with Crippen molar-refractivity contribution in [2.75, 3.05) is 24.7 Å². The average Bonchev–Trinajstić information content (AvgIpc) is 2.72. The van der Waals surface area contributed by atoms with Crippen LogP contribution >= 0.6 is 11.8 Å². The van der Waals surface area contributed by atoms with E-state index in [0.717, 1.165) is 13.1 Å². The minimum Gasteiger partial charge on any atom is -0.381 e. The van der Waals surface area contributed by atoms with Gasteiger partial charge in [0, 0.05) is 23.2 Å². The molecule has 0 aromatic heterocycles. The van der Waals surface area contributed by atoms with Crippen LogP contribution in [0.1, 0.15) is 6.42 Å². The Bertz CT molecular complexity index is 278. The van der Waals surface area contributed by atoms with Gasteiger partial charge in [0.2, 0.25) is 0 Å². The van der Waals surface area contributed by atoms with E-state index in [9.17, 15) is 0 Å². The lowest BCUT2D eigenvalue weighted by Crippen LogP contribution is -2.21. The number of hydrogen-bond acceptors (Lipinski definition) is 3. The first-order valence-corrected chi connectivity index (χ1v) is 6.22. The van der Waals surface area contributed by atoms with Gasteiger partial charge >= 0.3 is 0 Å². The largest absolute Gasteiger partial charge is 0.381 e. The van der Waals surface area contributed by atoms with Crippen molar-refractivity contribution in [2.24, 2.45) is 0 Å². The van der Waals surface area contributed by atoms with E-state index in [1.807, 2.05) is 0 Å². The molecule has 14 heavy (non-hydrogen) atoms. The first kappa shape index (κ1) is 9.87. The molecule has 1 unspecified atom stereocenters. The molecule has 1 atom stereocenters. The number of thioether (sulfide) groups is 1. The van der Waals surface area contributed by atoms with Crippen molar-refractivity contribution >= 4 is 17.4 Å². The molecule has 1 heterocycles. The molecule has 0 spiro atoms. The van der Waals surface area contributed by atoms with Gasteiger partial charge in [-0.1, -0.05) is 0 Å². The summed E-state index contributed by atoms with van der Waals surface area (Å²) in [5.74, 6) is 0. The van der Waals surface area contributed by atoms with Gasteiger partial charge in [-0.15, -0.1) is 11.8 Å². The van der Waals surface area contributed by atoms with E-state index in [2.05, 4.69) is 41.2 Å². The van der Waals surface area contributed by atoms with Crippen LogP contribution in [0.3, 0.4) is 0 Å². The molecular weight excluding hydrogens is 192 g/mol. The summed E-state index contributed by atoms with van der Waals surface area (Å²) >= 11 is 1.78. The Balaban J connectivity index is 1.95. The highest BCUT2D eigenvalue weighted by Gasteiger charge is 2.13. The Morgan fingerprint density at radius 1 is 1.36 bits per heavy atom. The summed E-state index contributed by atoms with van der Waals surface area (Å²) in [5.41, 5.74) is 1.23. The van der Waals surface area contributed by atoms with Gasteiger partial charge in [-0.2, -0.15) is 0 Å². The molecule has 1 aliphatic rings. The minimum atomic E-state index is 0.607. The van der Waals surface area contributed by atoms with Crippen LogP contribution in [0.15, 0.2) is 29.2 Å². The topological polar surface area (TPSA) is 24.1 Å². The second-order valence-corrected chi connectivity index (χ2v) is 4.44. The zero-order chi connectivity index (χ0) is 9.80. The number of nitrogens with one attached hydrogen (secondary N) is 2. The molecule has 3 heteroatoms. The maximum Gasteiger partial charge on any atom is 0.0398 e. The molecule has 2 nitrogen and oxygen atoms in total. The summed E-state index contributed by atoms with van der Waals surface area (Å²) in [4.78, 5) is 1.32. The van der Waals surface area contributed by atoms with Crippen LogP contribution in [0.25, 0.3) is 0 Å². The van der Waals surface area contributed by atoms with Crippen LogP contribution in [-0.2, 0) is 0 Å². The summed E-state index contributed by atoms with van der Waals surface area (Å²) in [6.45, 7) is 2.23. The zero-order valence-corrected chi connectivity index (χ0v) is 9.23. The molecule has 1 aromatic carbocycles. The van der Waals surface area contributed by atoms with E-state index >= 15 is 0 Å². The predicted molar refractivity (Wildman–Crippen MR) is 63.1 cm³/mol. The lowest BCUT2D eigenvalue weighted by Gasteiger charge is -2.12. The van der Waals surface area contributed by atoms with Crippen LogP contribution in [0.2, 0.25) is 0 Å². The molecule has 0 aliphatic carbocycles. The fourth-order valence-electron chi connectivity index (χ4n) is 1.70. The van der Waals surface area contributed by atoms with Gasteiger partial charge in [-0.25, -0.2) is 0 Å². The molecular formula is C11H16N2S. The Kier molecular flexibility index (Phi) is 3.32. The van der Waals surface area contributed by atoms with Gasteiger partial charge in [-0.3, -0.25) is 0 Å². The fraction of sp³-hybridized carbons (Fsp3) is 0.455. The Morgan fingerprint density at radius 3 is 2.71 bits per heavy atom. The van der Waals surface area contributed by atoms with Gasteiger partial charge in [-0.05, 0) is 43.5 Å². The third-order valence-corrected chi connectivity index (χ3v) is 3.26. The second-order valence-electron chi connectivity index (χ2n) is 3.56. The number of benzene rings is 1. The number of anilines is 1. The van der Waals surface area contributed by atoms with Crippen molar-refractivity contribution in [3.8, 4) is 0 Å². The Morgan fingerprint density at radius 2 is 2.14 bits per heavy atom. The van der Waals surface area contributed by atoms with E-state index in [1.165, 1.54) is 17.0 Å². The Labute approximate surface area is 89.5 Å². The highest BCUT2D eigenvalue weighted by atomic mass is 32.2. The molecule has 76 valence electrons. The smallest absolute Gasteiger partial charge is 0.0398 e. The molecule has 0 radical (unpaired) electrons. The highest BCUT2D eigenvalue weighted by Crippen LogP contribution is 2.18. The first-order valence-electron chi connectivity index (χ1n) is 5.00. The van der Waals surface area contributed by atoms with Crippen LogP contribution < -0.4 is 10.6 Å². The van der Waals surface area contributed by atoms with Crippen molar-refractivity contribution in [2.45, 2.75) is 17.4 Å². The summed E-state index contributed by atoms with van der Waals surface area (Å²) in [7, 11) is 0. The monoisotopic (exact) mass is 208 g/mol. The third kappa shape index (κ3) is 2.42. The lowest BCUT2D eigenvalue weighted by atomic mass is 10.2. The van der Waals surface area contributed by atoms with Crippen molar-refractivity contribution < 1.29 is 0 Å². The van der Waals surface area contributed by atoms with Crippen molar-refractivity contribution in [3.63, 3.8) is 0 Å². The number of rotatable bonds is 3. The Hall–Kier alpha value is -0.670. The molecule has 1 aliphatic heterocycles. The standard InChI is InChI=1S/C11H16N2S/c1-14-11-4-2-9(3-5-11)13-10-6-7-12-8-10/h2-5,10,12-13H,6-8H2,1H3. The predicted octanol–water partition coefficient (Wildman–Crippen LogP) is 2.18. The normalized spacial score (nSPS) is 21.1. The van der Waals surface area contributed by atoms with E-state index in [1.54, 1.807) is 11.8 Å². The van der Waals surface area contributed by atoms with E-state index in [4.69, 9.17) is 0 Å². The molecule has 1 fully saturated rings. The highest BCUT2D eigenvalue weighted by molar-refractivity contribution is 7.98. The molecule has 2 rings (SSSR count). The van der Waals surface area contributed by atoms with E-state index in [0.29, 0.717) is 6.04 Å². The van der Waals surface area contributed by atoms with Crippen molar-refractivity contribution in [1.29, 1.82) is 0 Å². The quantitative estimate of drug-likeness (QED) is 0.745. The summed E-state index contributed by atoms with van der Waals surface area (Å²) < 4.78 is 0. The van der Waals surface area contributed by atoms with Gasteiger partial charge in [0.15, 0.2) is 0 Å². The van der Waals surface area contributed by atoms with Crippen molar-refractivity contribution in [3.05, 3.63) is 24.3 Å². The van der Waals surface area contributed by atoms with Gasteiger partial charge in [0.1, 0.15) is 0 Å². The van der Waals surface area contributed by atoms with Gasteiger partial charge < -0.3 is 10.6 Å². The van der Waals surface area contributed by atoms with Crippen LogP contribution in [-0.4, -0.2) is 25.4 Å². The van der Waals surface area contributed by atoms with E-state index < -0.39 is 0 Å². The van der Waals surface area contributed by atoms with E-state index in [-0.39, 0.29) is 0 Å². The third-order valence-electron chi connectivity index (χ3n) is 2.52. The fourth-order valence-corrected chi connectivity index (χ4v) is 2.11. The maximum atomic E-state index is 3.52. The maximum absolute atomic E-state index is 3.52. The summed E-state index contributed by atoms with van der Waals surface area (Å²) in [6.07, 6.45) is 3.33. The molecule has 1 saturated heterocycles. The van der Waals surface area contributed by atoms with Crippen molar-refractivity contribution in [1.82, 2.24) is 5.32 Å². The van der Waals surface area contributed by atoms with Gasteiger partial charge in [0.25, 0.3) is 0 Å². The summed E-state index contributed by atoms with van der Waals surface area (Å²) in [5, 5.41) is 6.87. The minimum absolute atomic E-state index is 0.607. The average molecular weight is 208 g/mol. The summed E-state index contributed by atoms with van der Waals surface area (Å²) in [6, 6.07) is 9.24. The zero-order valence-electron chi connectivity index (χ0n) is 8.42. The van der Waals surface area contributed by atoms with Crippen LogP contribution in [0.4, 0.5) is 5.69 Å². The van der Waals surface area contributed by atoms with Gasteiger partial charge in [0.05, 0.1) is 0 Å². The molecule has 0 saturated carbocycles.